The molecule has 2 aliphatic rings. The van der Waals surface area contributed by atoms with Crippen molar-refractivity contribution in [3.63, 3.8) is 0 Å². The quantitative estimate of drug-likeness (QED) is 0.664. The van der Waals surface area contributed by atoms with Crippen LogP contribution in [0, 0.1) is 0 Å². The molecule has 3 amide bonds. The highest BCUT2D eigenvalue weighted by Gasteiger charge is 2.37. The van der Waals surface area contributed by atoms with Gasteiger partial charge in [0.25, 0.3) is 11.8 Å². The molecule has 3 heterocycles. The lowest BCUT2D eigenvalue weighted by molar-refractivity contribution is -0.143. The fourth-order valence-electron chi connectivity index (χ4n) is 3.68. The molecule has 9 heteroatoms. The molecule has 160 valence electrons. The number of fused-ring (bicyclic) bond motifs is 3. The van der Waals surface area contributed by atoms with Crippen LogP contribution in [0.1, 0.15) is 41.1 Å². The first-order chi connectivity index (χ1) is 13.9. The number of anilines is 1. The SMILES string of the molecule is CCCOC(C)C(=O)N1CCc2c(sc3c2C(=O)N(C)CC(=O)N3CCOC)C1. The van der Waals surface area contributed by atoms with Crippen LogP contribution in [0.2, 0.25) is 0 Å². The van der Waals surface area contributed by atoms with Gasteiger partial charge in [0.2, 0.25) is 5.91 Å². The van der Waals surface area contributed by atoms with Crippen molar-refractivity contribution in [1.29, 1.82) is 0 Å². The second-order valence-corrected chi connectivity index (χ2v) is 8.49. The Labute approximate surface area is 175 Å². The van der Waals surface area contributed by atoms with Crippen LogP contribution < -0.4 is 4.90 Å². The molecule has 0 N–H and O–H groups in total. The van der Waals surface area contributed by atoms with Crippen molar-refractivity contribution in [3.05, 3.63) is 16.0 Å². The van der Waals surface area contributed by atoms with Gasteiger partial charge in [0.1, 0.15) is 17.6 Å². The number of rotatable bonds is 7. The van der Waals surface area contributed by atoms with Crippen LogP contribution in [0.5, 0.6) is 0 Å². The maximum atomic E-state index is 13.0. The summed E-state index contributed by atoms with van der Waals surface area (Å²) in [4.78, 5) is 44.3. The minimum Gasteiger partial charge on any atom is -0.383 e. The minimum absolute atomic E-state index is 0.0385. The standard InChI is InChI=1S/C20H29N3O5S/c1-5-9-28-13(2)18(25)22-7-6-14-15(11-22)29-20-17(14)19(26)21(3)12-16(24)23(20)8-10-27-4/h13H,5-12H2,1-4H3. The molecule has 0 fully saturated rings. The Bertz CT molecular complexity index is 793. The average Bonchev–Trinajstić information content (AvgIpc) is 3.05. The summed E-state index contributed by atoms with van der Waals surface area (Å²) < 4.78 is 10.7. The summed E-state index contributed by atoms with van der Waals surface area (Å²) in [6.07, 6.45) is 0.974. The van der Waals surface area contributed by atoms with Crippen LogP contribution in [0.4, 0.5) is 5.00 Å². The highest BCUT2D eigenvalue weighted by atomic mass is 32.1. The van der Waals surface area contributed by atoms with Crippen LogP contribution in [-0.4, -0.2) is 80.6 Å². The summed E-state index contributed by atoms with van der Waals surface area (Å²) in [5.74, 6) is -0.293. The summed E-state index contributed by atoms with van der Waals surface area (Å²) in [7, 11) is 3.24. The lowest BCUT2D eigenvalue weighted by Gasteiger charge is -2.29. The van der Waals surface area contributed by atoms with Crippen molar-refractivity contribution in [1.82, 2.24) is 9.80 Å². The van der Waals surface area contributed by atoms with Crippen molar-refractivity contribution in [3.8, 4) is 0 Å². The molecule has 0 bridgehead atoms. The molecule has 0 saturated heterocycles. The van der Waals surface area contributed by atoms with E-state index in [1.807, 2.05) is 6.92 Å². The molecule has 1 atom stereocenters. The number of ether oxygens (including phenoxy) is 2. The van der Waals surface area contributed by atoms with Gasteiger partial charge in [0.05, 0.1) is 25.3 Å². The summed E-state index contributed by atoms with van der Waals surface area (Å²) >= 11 is 1.44. The Morgan fingerprint density at radius 2 is 2.00 bits per heavy atom. The number of nitrogens with zero attached hydrogens (tertiary/aromatic N) is 3. The fraction of sp³-hybridized carbons (Fsp3) is 0.650. The Balaban J connectivity index is 1.89. The van der Waals surface area contributed by atoms with Gasteiger partial charge in [0.15, 0.2) is 0 Å². The van der Waals surface area contributed by atoms with Crippen molar-refractivity contribution in [2.24, 2.45) is 0 Å². The van der Waals surface area contributed by atoms with Gasteiger partial charge < -0.3 is 19.3 Å². The number of hydrogen-bond acceptors (Lipinski definition) is 6. The number of likely N-dealkylation sites (N-methyl/N-ethyl adjacent to an activating group) is 1. The van der Waals surface area contributed by atoms with E-state index in [2.05, 4.69) is 0 Å². The number of carbonyl (C=O) groups excluding carboxylic acids is 3. The van der Waals surface area contributed by atoms with Gasteiger partial charge in [-0.25, -0.2) is 0 Å². The Morgan fingerprint density at radius 1 is 1.24 bits per heavy atom. The first kappa shape index (κ1) is 21.7. The predicted molar refractivity (Wildman–Crippen MR) is 110 cm³/mol. The second-order valence-electron chi connectivity index (χ2n) is 7.41. The summed E-state index contributed by atoms with van der Waals surface area (Å²) in [5.41, 5.74) is 1.57. The maximum absolute atomic E-state index is 13.0. The van der Waals surface area contributed by atoms with Gasteiger partial charge >= 0.3 is 0 Å². The predicted octanol–water partition coefficient (Wildman–Crippen LogP) is 1.51. The van der Waals surface area contributed by atoms with E-state index in [-0.39, 0.29) is 24.3 Å². The molecule has 0 saturated carbocycles. The Kier molecular flexibility index (Phi) is 6.92. The van der Waals surface area contributed by atoms with Crippen LogP contribution in [0.15, 0.2) is 0 Å². The van der Waals surface area contributed by atoms with E-state index in [0.29, 0.717) is 49.8 Å². The largest absolute Gasteiger partial charge is 0.383 e. The number of methoxy groups -OCH3 is 1. The Morgan fingerprint density at radius 3 is 2.69 bits per heavy atom. The molecule has 1 aromatic rings. The molecule has 8 nitrogen and oxygen atoms in total. The van der Waals surface area contributed by atoms with Gasteiger partial charge in [-0.1, -0.05) is 6.92 Å². The van der Waals surface area contributed by atoms with Crippen molar-refractivity contribution in [2.45, 2.75) is 39.3 Å². The van der Waals surface area contributed by atoms with Gasteiger partial charge in [0, 0.05) is 32.2 Å². The zero-order valence-electron chi connectivity index (χ0n) is 17.5. The monoisotopic (exact) mass is 423 g/mol. The van der Waals surface area contributed by atoms with Crippen LogP contribution in [0.25, 0.3) is 0 Å². The van der Waals surface area contributed by atoms with Gasteiger partial charge in [-0.05, 0) is 25.3 Å². The number of amides is 3. The second kappa shape index (κ2) is 9.23. The number of thiophene rings is 1. The van der Waals surface area contributed by atoms with E-state index in [0.717, 1.165) is 16.9 Å². The molecule has 1 unspecified atom stereocenters. The number of hydrogen-bond donors (Lipinski definition) is 0. The summed E-state index contributed by atoms with van der Waals surface area (Å²) in [6, 6.07) is 0. The van der Waals surface area contributed by atoms with E-state index in [1.165, 1.54) is 16.2 Å². The third kappa shape index (κ3) is 4.31. The molecule has 3 rings (SSSR count). The molecule has 1 aromatic heterocycles. The first-order valence-corrected chi connectivity index (χ1v) is 10.8. The van der Waals surface area contributed by atoms with Crippen LogP contribution >= 0.6 is 11.3 Å². The molecule has 2 aliphatic heterocycles. The van der Waals surface area contributed by atoms with E-state index >= 15 is 0 Å². The van der Waals surface area contributed by atoms with Crippen LogP contribution in [0.3, 0.4) is 0 Å². The fourth-order valence-corrected chi connectivity index (χ4v) is 5.08. The summed E-state index contributed by atoms with van der Waals surface area (Å²) in [5, 5.41) is 0.677. The molecule has 0 aromatic carbocycles. The van der Waals surface area contributed by atoms with Gasteiger partial charge in [-0.3, -0.25) is 19.3 Å². The zero-order valence-corrected chi connectivity index (χ0v) is 18.3. The summed E-state index contributed by atoms with van der Waals surface area (Å²) in [6.45, 7) is 6.16. The number of carbonyl (C=O) groups is 3. The topological polar surface area (TPSA) is 79.4 Å². The Hall–Kier alpha value is -1.97. The smallest absolute Gasteiger partial charge is 0.257 e. The van der Waals surface area contributed by atoms with E-state index in [4.69, 9.17) is 9.47 Å². The zero-order chi connectivity index (χ0) is 21.1. The van der Waals surface area contributed by atoms with Crippen LogP contribution in [-0.2, 0) is 32.0 Å². The first-order valence-electron chi connectivity index (χ1n) is 9.98. The molecule has 0 aliphatic carbocycles. The third-order valence-electron chi connectivity index (χ3n) is 5.27. The van der Waals surface area contributed by atoms with Crippen molar-refractivity contribution < 1.29 is 23.9 Å². The van der Waals surface area contributed by atoms with E-state index < -0.39 is 6.10 Å². The highest BCUT2D eigenvalue weighted by molar-refractivity contribution is 7.17. The molecule has 0 radical (unpaired) electrons. The van der Waals surface area contributed by atoms with E-state index in [1.54, 1.807) is 30.9 Å². The lowest BCUT2D eigenvalue weighted by Crippen LogP contribution is -2.42. The van der Waals surface area contributed by atoms with Crippen molar-refractivity contribution in [2.75, 3.05) is 51.9 Å². The normalized spacial score (nSPS) is 17.9. The average molecular weight is 424 g/mol. The molecule has 29 heavy (non-hydrogen) atoms. The minimum atomic E-state index is -0.484. The van der Waals surface area contributed by atoms with Crippen molar-refractivity contribution >= 4 is 34.1 Å². The van der Waals surface area contributed by atoms with Gasteiger partial charge in [-0.2, -0.15) is 0 Å². The van der Waals surface area contributed by atoms with E-state index in [9.17, 15) is 14.4 Å². The molecular weight excluding hydrogens is 394 g/mol. The van der Waals surface area contributed by atoms with Gasteiger partial charge in [-0.15, -0.1) is 11.3 Å². The lowest BCUT2D eigenvalue weighted by atomic mass is 10.0. The molecular formula is C20H29N3O5S. The third-order valence-corrected chi connectivity index (χ3v) is 6.51. The molecule has 0 spiro atoms. The maximum Gasteiger partial charge on any atom is 0.257 e. The highest BCUT2D eigenvalue weighted by Crippen LogP contribution is 2.41.